The maximum Gasteiger partial charge on any atom is 0.306 e. The summed E-state index contributed by atoms with van der Waals surface area (Å²) in [5.74, 6) is 1.32. The topological polar surface area (TPSA) is 41.6 Å². The molecule has 4 nitrogen and oxygen atoms in total. The molecule has 0 spiro atoms. The standard InChI is InChI=1S/C14H26N2O2/c1-3-18-14(17)7-12-6-13(10-16(2)9-12)15-8-11-4-5-11/h11-13,15H,3-10H2,1-2H3. The van der Waals surface area contributed by atoms with Crippen LogP contribution >= 0.6 is 0 Å². The predicted molar refractivity (Wildman–Crippen MR) is 71.4 cm³/mol. The summed E-state index contributed by atoms with van der Waals surface area (Å²) >= 11 is 0. The first kappa shape index (κ1) is 13.8. The molecule has 0 radical (unpaired) electrons. The first-order chi connectivity index (χ1) is 8.67. The van der Waals surface area contributed by atoms with Gasteiger partial charge in [0, 0.05) is 25.6 Å². The van der Waals surface area contributed by atoms with Crippen molar-refractivity contribution in [3.05, 3.63) is 0 Å². The maximum absolute atomic E-state index is 11.5. The van der Waals surface area contributed by atoms with E-state index in [1.54, 1.807) is 0 Å². The van der Waals surface area contributed by atoms with Crippen molar-refractivity contribution in [1.29, 1.82) is 0 Å². The molecule has 0 aromatic rings. The zero-order valence-corrected chi connectivity index (χ0v) is 11.7. The lowest BCUT2D eigenvalue weighted by Gasteiger charge is -2.35. The molecule has 0 bridgehead atoms. The number of likely N-dealkylation sites (tertiary alicyclic amines) is 1. The Morgan fingerprint density at radius 3 is 2.78 bits per heavy atom. The van der Waals surface area contributed by atoms with Gasteiger partial charge in [0.25, 0.3) is 0 Å². The number of carbonyl (C=O) groups excluding carboxylic acids is 1. The van der Waals surface area contributed by atoms with Crippen LogP contribution in [0.1, 0.15) is 32.6 Å². The molecular formula is C14H26N2O2. The highest BCUT2D eigenvalue weighted by Crippen LogP contribution is 2.28. The van der Waals surface area contributed by atoms with E-state index in [9.17, 15) is 4.79 Å². The summed E-state index contributed by atoms with van der Waals surface area (Å²) in [7, 11) is 2.14. The number of esters is 1. The largest absolute Gasteiger partial charge is 0.466 e. The van der Waals surface area contributed by atoms with Crippen LogP contribution in [0.15, 0.2) is 0 Å². The highest BCUT2D eigenvalue weighted by Gasteiger charge is 2.29. The van der Waals surface area contributed by atoms with Crippen molar-refractivity contribution in [1.82, 2.24) is 10.2 Å². The third-order valence-electron chi connectivity index (χ3n) is 3.87. The third-order valence-corrected chi connectivity index (χ3v) is 3.87. The Morgan fingerprint density at radius 1 is 1.33 bits per heavy atom. The molecule has 2 atom stereocenters. The predicted octanol–water partition coefficient (Wildman–Crippen LogP) is 1.26. The number of hydrogen-bond donors (Lipinski definition) is 1. The van der Waals surface area contributed by atoms with E-state index in [1.807, 2.05) is 6.92 Å². The van der Waals surface area contributed by atoms with Gasteiger partial charge in [-0.15, -0.1) is 0 Å². The average Bonchev–Trinajstić information content (AvgIpc) is 3.09. The molecule has 18 heavy (non-hydrogen) atoms. The maximum atomic E-state index is 11.5. The molecule has 1 heterocycles. The van der Waals surface area contributed by atoms with E-state index < -0.39 is 0 Å². The third kappa shape index (κ3) is 4.58. The summed E-state index contributed by atoms with van der Waals surface area (Å²) in [5, 5.41) is 3.66. The van der Waals surface area contributed by atoms with Crippen LogP contribution in [0.2, 0.25) is 0 Å². The summed E-state index contributed by atoms with van der Waals surface area (Å²) in [6.45, 7) is 5.63. The van der Waals surface area contributed by atoms with Crippen LogP contribution < -0.4 is 5.32 Å². The molecule has 0 amide bonds. The van der Waals surface area contributed by atoms with Gasteiger partial charge in [0.15, 0.2) is 0 Å². The average molecular weight is 254 g/mol. The van der Waals surface area contributed by atoms with E-state index in [-0.39, 0.29) is 5.97 Å². The molecule has 1 aliphatic heterocycles. The van der Waals surface area contributed by atoms with Gasteiger partial charge in [0.05, 0.1) is 6.61 Å². The van der Waals surface area contributed by atoms with Gasteiger partial charge in [-0.2, -0.15) is 0 Å². The number of carbonyl (C=O) groups is 1. The molecule has 104 valence electrons. The molecule has 2 unspecified atom stereocenters. The van der Waals surface area contributed by atoms with Crippen molar-refractivity contribution in [2.24, 2.45) is 11.8 Å². The van der Waals surface area contributed by atoms with E-state index in [2.05, 4.69) is 17.3 Å². The molecular weight excluding hydrogens is 228 g/mol. The number of piperidine rings is 1. The molecule has 1 N–H and O–H groups in total. The zero-order chi connectivity index (χ0) is 13.0. The van der Waals surface area contributed by atoms with Crippen LogP contribution in [0.3, 0.4) is 0 Å². The lowest BCUT2D eigenvalue weighted by molar-refractivity contribution is -0.144. The van der Waals surface area contributed by atoms with E-state index >= 15 is 0 Å². The number of nitrogens with zero attached hydrogens (tertiary/aromatic N) is 1. The molecule has 1 saturated heterocycles. The lowest BCUT2D eigenvalue weighted by atomic mass is 9.91. The van der Waals surface area contributed by atoms with Crippen LogP contribution in [0.5, 0.6) is 0 Å². The highest BCUT2D eigenvalue weighted by molar-refractivity contribution is 5.69. The second-order valence-electron chi connectivity index (χ2n) is 5.88. The smallest absolute Gasteiger partial charge is 0.306 e. The van der Waals surface area contributed by atoms with Gasteiger partial charge in [-0.05, 0) is 51.6 Å². The Bertz CT molecular complexity index is 279. The van der Waals surface area contributed by atoms with Gasteiger partial charge in [-0.1, -0.05) is 0 Å². The van der Waals surface area contributed by atoms with Gasteiger partial charge in [-0.3, -0.25) is 4.79 Å². The lowest BCUT2D eigenvalue weighted by Crippen LogP contribution is -2.48. The highest BCUT2D eigenvalue weighted by atomic mass is 16.5. The van der Waals surface area contributed by atoms with Gasteiger partial charge < -0.3 is 15.0 Å². The summed E-state index contributed by atoms with van der Waals surface area (Å²) in [4.78, 5) is 13.9. The van der Waals surface area contributed by atoms with Crippen molar-refractivity contribution < 1.29 is 9.53 Å². The molecule has 4 heteroatoms. The Hall–Kier alpha value is -0.610. The minimum atomic E-state index is -0.0428. The summed E-state index contributed by atoms with van der Waals surface area (Å²) in [5.41, 5.74) is 0. The van der Waals surface area contributed by atoms with Crippen molar-refractivity contribution >= 4 is 5.97 Å². The SMILES string of the molecule is CCOC(=O)CC1CC(NCC2CC2)CN(C)C1. The van der Waals surface area contributed by atoms with Crippen molar-refractivity contribution in [2.75, 3.05) is 33.3 Å². The summed E-state index contributed by atoms with van der Waals surface area (Å²) in [6.07, 6.45) is 4.46. The fourth-order valence-electron chi connectivity index (χ4n) is 2.85. The normalized spacial score (nSPS) is 29.2. The summed E-state index contributed by atoms with van der Waals surface area (Å²) < 4.78 is 5.05. The van der Waals surface area contributed by atoms with E-state index in [4.69, 9.17) is 4.74 Å². The summed E-state index contributed by atoms with van der Waals surface area (Å²) in [6, 6.07) is 0.545. The number of likely N-dealkylation sites (N-methyl/N-ethyl adjacent to an activating group) is 1. The Kier molecular flexibility index (Phi) is 5.01. The molecule has 2 aliphatic rings. The van der Waals surface area contributed by atoms with Crippen molar-refractivity contribution in [2.45, 2.75) is 38.6 Å². The van der Waals surface area contributed by atoms with E-state index in [1.165, 1.54) is 12.8 Å². The molecule has 2 rings (SSSR count). The first-order valence-corrected chi connectivity index (χ1v) is 7.25. The quantitative estimate of drug-likeness (QED) is 0.725. The number of ether oxygens (including phenoxy) is 1. The molecule has 0 aromatic carbocycles. The fraction of sp³-hybridized carbons (Fsp3) is 0.929. The number of hydrogen-bond acceptors (Lipinski definition) is 4. The molecule has 0 aromatic heterocycles. The van der Waals surface area contributed by atoms with Crippen molar-refractivity contribution in [3.8, 4) is 0 Å². The van der Waals surface area contributed by atoms with Gasteiger partial charge in [0.2, 0.25) is 0 Å². The van der Waals surface area contributed by atoms with E-state index in [0.717, 1.165) is 32.0 Å². The molecule has 2 fully saturated rings. The Morgan fingerprint density at radius 2 is 2.11 bits per heavy atom. The Balaban J connectivity index is 1.73. The minimum absolute atomic E-state index is 0.0428. The van der Waals surface area contributed by atoms with E-state index in [0.29, 0.717) is 25.0 Å². The van der Waals surface area contributed by atoms with Gasteiger partial charge >= 0.3 is 5.97 Å². The van der Waals surface area contributed by atoms with Crippen LogP contribution in [0, 0.1) is 11.8 Å². The molecule has 1 saturated carbocycles. The second kappa shape index (κ2) is 6.53. The van der Waals surface area contributed by atoms with Crippen LogP contribution in [0.25, 0.3) is 0 Å². The second-order valence-corrected chi connectivity index (χ2v) is 5.88. The Labute approximate surface area is 110 Å². The van der Waals surface area contributed by atoms with Crippen LogP contribution in [0.4, 0.5) is 0 Å². The van der Waals surface area contributed by atoms with Crippen LogP contribution in [-0.2, 0) is 9.53 Å². The number of rotatable bonds is 6. The number of nitrogens with one attached hydrogen (secondary N) is 1. The van der Waals surface area contributed by atoms with Gasteiger partial charge in [-0.25, -0.2) is 0 Å². The minimum Gasteiger partial charge on any atom is -0.466 e. The first-order valence-electron chi connectivity index (χ1n) is 7.25. The molecule has 1 aliphatic carbocycles. The van der Waals surface area contributed by atoms with Crippen LogP contribution in [-0.4, -0.2) is 50.2 Å². The fourth-order valence-corrected chi connectivity index (χ4v) is 2.85. The van der Waals surface area contributed by atoms with Crippen molar-refractivity contribution in [3.63, 3.8) is 0 Å². The van der Waals surface area contributed by atoms with Gasteiger partial charge in [0.1, 0.15) is 0 Å². The monoisotopic (exact) mass is 254 g/mol. The zero-order valence-electron chi connectivity index (χ0n) is 11.7.